The first kappa shape index (κ1) is 23.4. The molecule has 0 aliphatic heterocycles. The number of rotatable bonds is 15. The van der Waals surface area contributed by atoms with Crippen molar-refractivity contribution in [3.63, 3.8) is 0 Å². The van der Waals surface area contributed by atoms with Gasteiger partial charge < -0.3 is 9.84 Å². The van der Waals surface area contributed by atoms with Gasteiger partial charge >= 0.3 is 5.97 Å². The van der Waals surface area contributed by atoms with Crippen LogP contribution in [0, 0.1) is 0 Å². The minimum absolute atomic E-state index is 0.306. The summed E-state index contributed by atoms with van der Waals surface area (Å²) in [5, 5.41) is 9.53. The molecule has 0 radical (unpaired) electrons. The largest absolute Gasteiger partial charge is 0.464 e. The Morgan fingerprint density at radius 1 is 0.840 bits per heavy atom. The molecule has 0 spiro atoms. The molecule has 25 heavy (non-hydrogen) atoms. The number of aliphatic hydroxyl groups excluding tert-OH is 1. The van der Waals surface area contributed by atoms with Gasteiger partial charge in [-0.3, -0.25) is 0 Å². The Bertz CT molecular complexity index is 419. The number of hydrogen-bond acceptors (Lipinski definition) is 3. The van der Waals surface area contributed by atoms with E-state index in [-0.39, 0.29) is 0 Å². The van der Waals surface area contributed by atoms with E-state index >= 15 is 0 Å². The van der Waals surface area contributed by atoms with E-state index in [1.807, 2.05) is 6.08 Å². The van der Waals surface area contributed by atoms with Crippen LogP contribution < -0.4 is 0 Å². The van der Waals surface area contributed by atoms with Crippen LogP contribution in [0.4, 0.5) is 0 Å². The molecule has 3 nitrogen and oxygen atoms in total. The molecular weight excluding hydrogens is 312 g/mol. The molecule has 0 rings (SSSR count). The average Bonchev–Trinajstić information content (AvgIpc) is 2.61. The second-order valence-electron chi connectivity index (χ2n) is 5.93. The van der Waals surface area contributed by atoms with Crippen molar-refractivity contribution in [1.82, 2.24) is 0 Å². The molecular formula is C22H36O3. The van der Waals surface area contributed by atoms with E-state index in [0.29, 0.717) is 19.4 Å². The number of ether oxygens (including phenoxy) is 1. The number of hydrogen-bond donors (Lipinski definition) is 1. The van der Waals surface area contributed by atoms with Crippen molar-refractivity contribution >= 4 is 5.97 Å². The second-order valence-corrected chi connectivity index (χ2v) is 5.93. The summed E-state index contributed by atoms with van der Waals surface area (Å²) in [6.45, 7) is 4.27. The van der Waals surface area contributed by atoms with Crippen LogP contribution in [-0.2, 0) is 9.53 Å². The van der Waals surface area contributed by atoms with Crippen LogP contribution in [0.5, 0.6) is 0 Å². The van der Waals surface area contributed by atoms with Gasteiger partial charge in [0.15, 0.2) is 6.10 Å². The maximum Gasteiger partial charge on any atom is 0.334 e. The number of aliphatic hydroxyl groups is 1. The quantitative estimate of drug-likeness (QED) is 0.236. The lowest BCUT2D eigenvalue weighted by Gasteiger charge is -2.07. The maximum atomic E-state index is 11.2. The van der Waals surface area contributed by atoms with Gasteiger partial charge in [-0.05, 0) is 51.9 Å². The smallest absolute Gasteiger partial charge is 0.334 e. The van der Waals surface area contributed by atoms with Crippen LogP contribution >= 0.6 is 0 Å². The van der Waals surface area contributed by atoms with Crippen molar-refractivity contribution in [3.05, 3.63) is 48.6 Å². The van der Waals surface area contributed by atoms with Crippen LogP contribution in [0.1, 0.15) is 71.6 Å². The summed E-state index contributed by atoms with van der Waals surface area (Å²) in [5.41, 5.74) is 0. The highest BCUT2D eigenvalue weighted by molar-refractivity contribution is 5.74. The van der Waals surface area contributed by atoms with Gasteiger partial charge in [-0.25, -0.2) is 4.79 Å². The van der Waals surface area contributed by atoms with Crippen molar-refractivity contribution in [2.45, 2.75) is 77.7 Å². The van der Waals surface area contributed by atoms with Gasteiger partial charge in [0.05, 0.1) is 6.61 Å². The Balaban J connectivity index is 3.56. The van der Waals surface area contributed by atoms with Gasteiger partial charge in [0.2, 0.25) is 0 Å². The lowest BCUT2D eigenvalue weighted by atomic mass is 10.2. The Hall–Kier alpha value is -1.61. The number of esters is 1. The molecule has 0 aromatic heterocycles. The monoisotopic (exact) mass is 348 g/mol. The number of allylic oxidation sites excluding steroid dienone is 8. The van der Waals surface area contributed by atoms with Crippen LogP contribution in [0.15, 0.2) is 48.6 Å². The standard InChI is InChI=1S/C22H36O3/c1-3-5-6-7-8-9-10-11-12-13-14-15-16-17-18-19-20-21(23)22(24)25-4-2/h8-9,11-12,14-15,17-18,21,23H,3-7,10,13,16,19-20H2,1-2H3/b9-8-,12-11-,15-14-,18-17-. The highest BCUT2D eigenvalue weighted by Crippen LogP contribution is 2.02. The van der Waals surface area contributed by atoms with Crippen molar-refractivity contribution in [3.8, 4) is 0 Å². The van der Waals surface area contributed by atoms with Crippen LogP contribution in [0.3, 0.4) is 0 Å². The fourth-order valence-corrected chi connectivity index (χ4v) is 2.17. The van der Waals surface area contributed by atoms with Crippen molar-refractivity contribution < 1.29 is 14.6 Å². The summed E-state index contributed by atoms with van der Waals surface area (Å²) in [6, 6.07) is 0. The Morgan fingerprint density at radius 2 is 1.36 bits per heavy atom. The molecule has 1 unspecified atom stereocenters. The van der Waals surface area contributed by atoms with Gasteiger partial charge in [0.25, 0.3) is 0 Å². The summed E-state index contributed by atoms with van der Waals surface area (Å²) >= 11 is 0. The third kappa shape index (κ3) is 17.0. The fraction of sp³-hybridized carbons (Fsp3) is 0.591. The van der Waals surface area contributed by atoms with Crippen molar-refractivity contribution in [2.75, 3.05) is 6.61 Å². The SMILES string of the molecule is CCCCC/C=C\C/C=C\C/C=C\C/C=C\CCC(O)C(=O)OCC. The van der Waals surface area contributed by atoms with Gasteiger partial charge in [0, 0.05) is 0 Å². The normalized spacial score (nSPS) is 13.6. The van der Waals surface area contributed by atoms with Gasteiger partial charge in [-0.15, -0.1) is 0 Å². The molecule has 0 saturated heterocycles. The summed E-state index contributed by atoms with van der Waals surface area (Å²) in [4.78, 5) is 11.2. The van der Waals surface area contributed by atoms with Crippen molar-refractivity contribution in [1.29, 1.82) is 0 Å². The summed E-state index contributed by atoms with van der Waals surface area (Å²) in [7, 11) is 0. The van der Waals surface area contributed by atoms with E-state index in [4.69, 9.17) is 4.74 Å². The molecule has 0 fully saturated rings. The van der Waals surface area contributed by atoms with E-state index in [2.05, 4.69) is 49.5 Å². The first-order valence-electron chi connectivity index (χ1n) is 9.67. The predicted octanol–water partition coefficient (Wildman–Crippen LogP) is 5.67. The first-order chi connectivity index (χ1) is 12.2. The highest BCUT2D eigenvalue weighted by Gasteiger charge is 2.14. The van der Waals surface area contributed by atoms with E-state index < -0.39 is 12.1 Å². The van der Waals surface area contributed by atoms with E-state index in [0.717, 1.165) is 19.3 Å². The fourth-order valence-electron chi connectivity index (χ4n) is 2.17. The highest BCUT2D eigenvalue weighted by atomic mass is 16.5. The summed E-state index contributed by atoms with van der Waals surface area (Å²) in [5.74, 6) is -0.529. The topological polar surface area (TPSA) is 46.5 Å². The van der Waals surface area contributed by atoms with Gasteiger partial charge in [-0.1, -0.05) is 68.4 Å². The van der Waals surface area contributed by atoms with Gasteiger partial charge in [0.1, 0.15) is 0 Å². The Kier molecular flexibility index (Phi) is 17.5. The Morgan fingerprint density at radius 3 is 1.88 bits per heavy atom. The lowest BCUT2D eigenvalue weighted by Crippen LogP contribution is -2.22. The molecule has 0 bridgehead atoms. The number of carbonyl (C=O) groups excluding carboxylic acids is 1. The minimum atomic E-state index is -1.01. The molecule has 0 aromatic carbocycles. The molecule has 0 saturated carbocycles. The third-order valence-electron chi connectivity index (χ3n) is 3.62. The summed E-state index contributed by atoms with van der Waals surface area (Å²) in [6.07, 6.45) is 25.3. The average molecular weight is 349 g/mol. The third-order valence-corrected chi connectivity index (χ3v) is 3.62. The van der Waals surface area contributed by atoms with E-state index in [9.17, 15) is 9.90 Å². The number of unbranched alkanes of at least 4 members (excludes halogenated alkanes) is 3. The van der Waals surface area contributed by atoms with E-state index in [1.165, 1.54) is 25.7 Å². The maximum absolute atomic E-state index is 11.2. The number of carbonyl (C=O) groups is 1. The molecule has 142 valence electrons. The zero-order valence-corrected chi connectivity index (χ0v) is 16.0. The summed E-state index contributed by atoms with van der Waals surface area (Å²) < 4.78 is 4.75. The van der Waals surface area contributed by atoms with E-state index in [1.54, 1.807) is 6.92 Å². The lowest BCUT2D eigenvalue weighted by molar-refractivity contribution is -0.153. The van der Waals surface area contributed by atoms with Crippen LogP contribution in [0.25, 0.3) is 0 Å². The molecule has 1 atom stereocenters. The molecule has 3 heteroatoms. The van der Waals surface area contributed by atoms with Crippen LogP contribution in [-0.4, -0.2) is 23.8 Å². The second kappa shape index (κ2) is 18.7. The zero-order valence-electron chi connectivity index (χ0n) is 16.0. The molecule has 1 N–H and O–H groups in total. The minimum Gasteiger partial charge on any atom is -0.464 e. The molecule has 0 heterocycles. The predicted molar refractivity (Wildman–Crippen MR) is 106 cm³/mol. The first-order valence-corrected chi connectivity index (χ1v) is 9.67. The van der Waals surface area contributed by atoms with Gasteiger partial charge in [-0.2, -0.15) is 0 Å². The zero-order chi connectivity index (χ0) is 18.6. The Labute approximate surface area is 154 Å². The molecule has 0 aromatic rings. The molecule has 0 amide bonds. The van der Waals surface area contributed by atoms with Crippen LogP contribution in [0.2, 0.25) is 0 Å². The molecule has 0 aliphatic rings. The molecule has 0 aliphatic carbocycles. The van der Waals surface area contributed by atoms with Crippen molar-refractivity contribution in [2.24, 2.45) is 0 Å².